The first kappa shape index (κ1) is 12.3. The van der Waals surface area contributed by atoms with Crippen LogP contribution in [0.5, 0.6) is 0 Å². The van der Waals surface area contributed by atoms with E-state index in [0.29, 0.717) is 5.92 Å². The van der Waals surface area contributed by atoms with E-state index in [2.05, 4.69) is 25.7 Å². The Labute approximate surface area is 96.6 Å². The standard InChI is InChI=1S/C14H16O2/c1-12(2)7-6-10-14(15)16-11-13-8-4-3-5-9-13/h3-5,8-9,12H,7,11H2,1-2H3. The van der Waals surface area contributed by atoms with Crippen LogP contribution in [0, 0.1) is 17.8 Å². The van der Waals surface area contributed by atoms with Crippen molar-refractivity contribution in [2.45, 2.75) is 26.9 Å². The fourth-order valence-electron chi connectivity index (χ4n) is 1.09. The average molecular weight is 216 g/mol. The predicted molar refractivity (Wildman–Crippen MR) is 63.5 cm³/mol. The van der Waals surface area contributed by atoms with Crippen LogP contribution in [0.15, 0.2) is 30.3 Å². The fraction of sp³-hybridized carbons (Fsp3) is 0.357. The Kier molecular flexibility index (Phi) is 5.15. The fourth-order valence-corrected chi connectivity index (χ4v) is 1.09. The summed E-state index contributed by atoms with van der Waals surface area (Å²) in [5.41, 5.74) is 0.974. The van der Waals surface area contributed by atoms with Gasteiger partial charge in [-0.05, 0) is 11.5 Å². The number of hydrogen-bond donors (Lipinski definition) is 0. The maximum atomic E-state index is 11.2. The minimum atomic E-state index is -0.454. The number of esters is 1. The Morgan fingerprint density at radius 2 is 2.00 bits per heavy atom. The molecule has 0 aromatic heterocycles. The van der Waals surface area contributed by atoms with Crippen LogP contribution in [0.3, 0.4) is 0 Å². The molecular formula is C14H16O2. The van der Waals surface area contributed by atoms with Gasteiger partial charge >= 0.3 is 5.97 Å². The van der Waals surface area contributed by atoms with Crippen molar-refractivity contribution in [2.24, 2.45) is 5.92 Å². The maximum absolute atomic E-state index is 11.2. The molecule has 2 heteroatoms. The molecule has 0 aliphatic rings. The summed E-state index contributed by atoms with van der Waals surface area (Å²) in [5.74, 6) is 5.30. The molecular weight excluding hydrogens is 200 g/mol. The molecule has 0 bridgehead atoms. The molecule has 0 spiro atoms. The van der Waals surface area contributed by atoms with Crippen LogP contribution in [0.2, 0.25) is 0 Å². The van der Waals surface area contributed by atoms with E-state index in [0.717, 1.165) is 12.0 Å². The highest BCUT2D eigenvalue weighted by Gasteiger charge is 1.97. The first-order valence-electron chi connectivity index (χ1n) is 5.38. The Hall–Kier alpha value is -1.75. The third-order valence-electron chi connectivity index (χ3n) is 1.91. The first-order valence-corrected chi connectivity index (χ1v) is 5.38. The molecule has 0 atom stereocenters. The first-order chi connectivity index (χ1) is 7.68. The minimum absolute atomic E-state index is 0.288. The lowest BCUT2D eigenvalue weighted by molar-refractivity contribution is -0.137. The van der Waals surface area contributed by atoms with Crippen molar-refractivity contribution in [3.8, 4) is 11.8 Å². The number of rotatable bonds is 3. The van der Waals surface area contributed by atoms with Crippen molar-refractivity contribution in [3.63, 3.8) is 0 Å². The number of hydrogen-bond acceptors (Lipinski definition) is 2. The molecule has 0 amide bonds. The van der Waals surface area contributed by atoms with Crippen LogP contribution < -0.4 is 0 Å². The van der Waals surface area contributed by atoms with E-state index in [4.69, 9.17) is 4.74 Å². The number of carbonyl (C=O) groups excluding carboxylic acids is 1. The maximum Gasteiger partial charge on any atom is 0.384 e. The smallest absolute Gasteiger partial charge is 0.384 e. The van der Waals surface area contributed by atoms with Crippen LogP contribution in [0.4, 0.5) is 0 Å². The minimum Gasteiger partial charge on any atom is -0.451 e. The molecule has 0 aliphatic heterocycles. The molecule has 1 rings (SSSR count). The molecule has 0 aliphatic carbocycles. The van der Waals surface area contributed by atoms with E-state index >= 15 is 0 Å². The SMILES string of the molecule is CC(C)CC#CC(=O)OCc1ccccc1. The molecule has 0 fully saturated rings. The molecule has 1 aromatic carbocycles. The van der Waals surface area contributed by atoms with Crippen LogP contribution in [0.1, 0.15) is 25.8 Å². The second kappa shape index (κ2) is 6.68. The highest BCUT2D eigenvalue weighted by atomic mass is 16.5. The Morgan fingerprint density at radius 3 is 2.62 bits per heavy atom. The van der Waals surface area contributed by atoms with Gasteiger partial charge in [-0.3, -0.25) is 0 Å². The Bertz CT molecular complexity index is 382. The van der Waals surface area contributed by atoms with Gasteiger partial charge < -0.3 is 4.74 Å². The summed E-state index contributed by atoms with van der Waals surface area (Å²) in [6.07, 6.45) is 0.723. The van der Waals surface area contributed by atoms with Crippen molar-refractivity contribution in [1.82, 2.24) is 0 Å². The third kappa shape index (κ3) is 5.21. The van der Waals surface area contributed by atoms with Gasteiger partial charge in [0, 0.05) is 12.3 Å². The monoisotopic (exact) mass is 216 g/mol. The van der Waals surface area contributed by atoms with Gasteiger partial charge in [-0.15, -0.1) is 0 Å². The van der Waals surface area contributed by atoms with Crippen LogP contribution in [-0.4, -0.2) is 5.97 Å². The quantitative estimate of drug-likeness (QED) is 0.441. The van der Waals surface area contributed by atoms with Gasteiger partial charge in [-0.1, -0.05) is 50.1 Å². The van der Waals surface area contributed by atoms with Gasteiger partial charge in [0.2, 0.25) is 0 Å². The summed E-state index contributed by atoms with van der Waals surface area (Å²) in [6, 6.07) is 9.57. The van der Waals surface area contributed by atoms with E-state index in [1.807, 2.05) is 30.3 Å². The summed E-state index contributed by atoms with van der Waals surface area (Å²) in [4.78, 5) is 11.2. The van der Waals surface area contributed by atoms with Crippen molar-refractivity contribution < 1.29 is 9.53 Å². The van der Waals surface area contributed by atoms with E-state index in [-0.39, 0.29) is 6.61 Å². The third-order valence-corrected chi connectivity index (χ3v) is 1.91. The molecule has 0 heterocycles. The molecule has 0 saturated heterocycles. The summed E-state index contributed by atoms with van der Waals surface area (Å²) >= 11 is 0. The zero-order chi connectivity index (χ0) is 11.8. The van der Waals surface area contributed by atoms with Crippen LogP contribution in [-0.2, 0) is 16.1 Å². The molecule has 0 radical (unpaired) electrons. The summed E-state index contributed by atoms with van der Waals surface area (Å²) in [6.45, 7) is 4.41. The molecule has 84 valence electrons. The van der Waals surface area contributed by atoms with Crippen molar-refractivity contribution in [2.75, 3.05) is 0 Å². The van der Waals surface area contributed by atoms with Gasteiger partial charge in [0.05, 0.1) is 0 Å². The van der Waals surface area contributed by atoms with Crippen molar-refractivity contribution in [1.29, 1.82) is 0 Å². The lowest BCUT2D eigenvalue weighted by atomic mass is 10.1. The molecule has 1 aromatic rings. The topological polar surface area (TPSA) is 26.3 Å². The highest BCUT2D eigenvalue weighted by Crippen LogP contribution is 2.00. The van der Waals surface area contributed by atoms with Gasteiger partial charge in [-0.25, -0.2) is 4.79 Å². The zero-order valence-electron chi connectivity index (χ0n) is 9.69. The molecule has 0 N–H and O–H groups in total. The summed E-state index contributed by atoms with van der Waals surface area (Å²) in [5, 5.41) is 0. The largest absolute Gasteiger partial charge is 0.451 e. The van der Waals surface area contributed by atoms with E-state index in [9.17, 15) is 4.79 Å². The van der Waals surface area contributed by atoms with Crippen LogP contribution >= 0.6 is 0 Å². The molecule has 2 nitrogen and oxygen atoms in total. The number of ether oxygens (including phenoxy) is 1. The molecule has 0 unspecified atom stereocenters. The molecule has 16 heavy (non-hydrogen) atoms. The number of carbonyl (C=O) groups is 1. The average Bonchev–Trinajstić information content (AvgIpc) is 2.27. The van der Waals surface area contributed by atoms with Crippen molar-refractivity contribution >= 4 is 5.97 Å². The van der Waals surface area contributed by atoms with E-state index < -0.39 is 5.97 Å². The normalized spacial score (nSPS) is 9.44. The van der Waals surface area contributed by atoms with E-state index in [1.54, 1.807) is 0 Å². The Balaban J connectivity index is 2.32. The highest BCUT2D eigenvalue weighted by molar-refractivity contribution is 5.88. The zero-order valence-corrected chi connectivity index (χ0v) is 9.69. The van der Waals surface area contributed by atoms with Gasteiger partial charge in [-0.2, -0.15) is 0 Å². The summed E-state index contributed by atoms with van der Waals surface area (Å²) < 4.78 is 5.00. The van der Waals surface area contributed by atoms with Crippen LogP contribution in [0.25, 0.3) is 0 Å². The number of benzene rings is 1. The second-order valence-electron chi connectivity index (χ2n) is 3.96. The Morgan fingerprint density at radius 1 is 1.31 bits per heavy atom. The van der Waals surface area contributed by atoms with Gasteiger partial charge in [0.1, 0.15) is 6.61 Å². The van der Waals surface area contributed by atoms with Crippen molar-refractivity contribution in [3.05, 3.63) is 35.9 Å². The lowest BCUT2D eigenvalue weighted by Crippen LogP contribution is -2.01. The second-order valence-corrected chi connectivity index (χ2v) is 3.96. The van der Waals surface area contributed by atoms with Gasteiger partial charge in [0.25, 0.3) is 0 Å². The molecule has 0 saturated carbocycles. The predicted octanol–water partition coefficient (Wildman–Crippen LogP) is 2.78. The van der Waals surface area contributed by atoms with E-state index in [1.165, 1.54) is 0 Å². The lowest BCUT2D eigenvalue weighted by Gasteiger charge is -2.00. The summed E-state index contributed by atoms with van der Waals surface area (Å²) in [7, 11) is 0. The van der Waals surface area contributed by atoms with Gasteiger partial charge in [0.15, 0.2) is 0 Å².